The van der Waals surface area contributed by atoms with Gasteiger partial charge >= 0.3 is 5.97 Å². The van der Waals surface area contributed by atoms with Crippen molar-refractivity contribution in [1.29, 1.82) is 0 Å². The summed E-state index contributed by atoms with van der Waals surface area (Å²) >= 11 is 2.43. The minimum Gasteiger partial charge on any atom is -0.478 e. The molecule has 6 nitrogen and oxygen atoms in total. The number of rotatable bonds is 9. The van der Waals surface area contributed by atoms with Gasteiger partial charge in [0.05, 0.1) is 5.56 Å². The zero-order valence-electron chi connectivity index (χ0n) is 10.0. The van der Waals surface area contributed by atoms with E-state index in [4.69, 9.17) is 10.2 Å². The van der Waals surface area contributed by atoms with E-state index in [-0.39, 0.29) is 22.9 Å². The molecule has 0 amide bonds. The van der Waals surface area contributed by atoms with Crippen molar-refractivity contribution in [3.05, 3.63) is 17.0 Å². The fourth-order valence-corrected chi connectivity index (χ4v) is 4.30. The van der Waals surface area contributed by atoms with E-state index in [1.165, 1.54) is 5.38 Å². The summed E-state index contributed by atoms with van der Waals surface area (Å²) in [6, 6.07) is 1.15. The van der Waals surface area contributed by atoms with Crippen molar-refractivity contribution in [3.63, 3.8) is 0 Å². The van der Waals surface area contributed by atoms with Gasteiger partial charge in [0.25, 0.3) is 0 Å². The van der Waals surface area contributed by atoms with Crippen LogP contribution in [0.5, 0.6) is 0 Å². The molecule has 1 aromatic rings. The highest BCUT2D eigenvalue weighted by Gasteiger charge is 2.18. The van der Waals surface area contributed by atoms with Crippen LogP contribution in [0.2, 0.25) is 0 Å². The smallest absolute Gasteiger partial charge is 0.336 e. The summed E-state index contributed by atoms with van der Waals surface area (Å²) in [5.74, 6) is 0.244. The Hall–Kier alpha value is -0.610. The van der Waals surface area contributed by atoms with Crippen LogP contribution in [0.3, 0.4) is 0 Å². The number of thiophene rings is 1. The van der Waals surface area contributed by atoms with Gasteiger partial charge in [0, 0.05) is 24.3 Å². The van der Waals surface area contributed by atoms with E-state index in [2.05, 4.69) is 4.72 Å². The fourth-order valence-electron chi connectivity index (χ4n) is 1.16. The monoisotopic (exact) mass is 325 g/mol. The lowest BCUT2D eigenvalue weighted by Crippen LogP contribution is -2.25. The Kier molecular flexibility index (Phi) is 6.80. The van der Waals surface area contributed by atoms with Crippen molar-refractivity contribution >= 4 is 39.1 Å². The molecule has 19 heavy (non-hydrogen) atoms. The predicted octanol–water partition coefficient (Wildman–Crippen LogP) is 0.840. The Morgan fingerprint density at radius 3 is 2.74 bits per heavy atom. The normalized spacial score (nSPS) is 11.6. The van der Waals surface area contributed by atoms with Crippen LogP contribution >= 0.6 is 23.1 Å². The molecule has 0 aliphatic rings. The van der Waals surface area contributed by atoms with Crippen LogP contribution in [0.25, 0.3) is 0 Å². The number of aromatic carboxylic acids is 1. The van der Waals surface area contributed by atoms with Crippen LogP contribution in [0, 0.1) is 0 Å². The van der Waals surface area contributed by atoms with Gasteiger partial charge in [-0.05, 0) is 18.2 Å². The molecule has 0 saturated carbocycles. The predicted molar refractivity (Wildman–Crippen MR) is 75.5 cm³/mol. The third-order valence-electron chi connectivity index (χ3n) is 2.07. The Labute approximate surface area is 119 Å². The van der Waals surface area contributed by atoms with Gasteiger partial charge in [0.2, 0.25) is 10.0 Å². The number of aliphatic hydroxyl groups excluding tert-OH is 1. The van der Waals surface area contributed by atoms with E-state index < -0.39 is 16.0 Å². The third-order valence-corrected chi connectivity index (χ3v) is 6.04. The molecule has 9 heteroatoms. The lowest BCUT2D eigenvalue weighted by Gasteiger charge is -2.04. The summed E-state index contributed by atoms with van der Waals surface area (Å²) in [6.45, 7) is 0.407. The van der Waals surface area contributed by atoms with E-state index in [1.807, 2.05) is 0 Å². The quantitative estimate of drug-likeness (QED) is 0.581. The lowest BCUT2D eigenvalue weighted by atomic mass is 10.4. The van der Waals surface area contributed by atoms with E-state index in [9.17, 15) is 13.2 Å². The Morgan fingerprint density at radius 2 is 2.16 bits per heavy atom. The molecule has 1 heterocycles. The molecule has 0 aliphatic heterocycles. The topological polar surface area (TPSA) is 104 Å². The summed E-state index contributed by atoms with van der Waals surface area (Å²) < 4.78 is 26.0. The number of carbonyl (C=O) groups is 1. The van der Waals surface area contributed by atoms with Crippen LogP contribution in [-0.4, -0.2) is 49.3 Å². The maximum Gasteiger partial charge on any atom is 0.336 e. The second-order valence-electron chi connectivity index (χ2n) is 3.55. The number of hydrogen-bond acceptors (Lipinski definition) is 6. The van der Waals surface area contributed by atoms with Crippen LogP contribution in [0.15, 0.2) is 15.7 Å². The van der Waals surface area contributed by atoms with Gasteiger partial charge < -0.3 is 10.2 Å². The molecule has 0 radical (unpaired) electrons. The van der Waals surface area contributed by atoms with Crippen molar-refractivity contribution in [2.75, 3.05) is 24.7 Å². The lowest BCUT2D eigenvalue weighted by molar-refractivity contribution is 0.0697. The maximum absolute atomic E-state index is 11.8. The van der Waals surface area contributed by atoms with Crippen molar-refractivity contribution in [2.24, 2.45) is 0 Å². The van der Waals surface area contributed by atoms with Crippen LogP contribution < -0.4 is 4.72 Å². The van der Waals surface area contributed by atoms with Crippen molar-refractivity contribution in [3.8, 4) is 0 Å². The average Bonchev–Trinajstić information content (AvgIpc) is 2.84. The molecule has 0 atom stereocenters. The summed E-state index contributed by atoms with van der Waals surface area (Å²) in [4.78, 5) is 10.7. The average molecular weight is 325 g/mol. The molecule has 3 N–H and O–H groups in total. The second-order valence-corrected chi connectivity index (χ2v) is 7.68. The highest BCUT2D eigenvalue weighted by atomic mass is 32.2. The molecule has 0 spiro atoms. The van der Waals surface area contributed by atoms with Gasteiger partial charge in [-0.15, -0.1) is 11.3 Å². The minimum absolute atomic E-state index is 0.00487. The van der Waals surface area contributed by atoms with Crippen LogP contribution in [0.4, 0.5) is 0 Å². The van der Waals surface area contributed by atoms with E-state index >= 15 is 0 Å². The van der Waals surface area contributed by atoms with Gasteiger partial charge in [-0.2, -0.15) is 11.8 Å². The Bertz CT molecular complexity index is 511. The molecule has 1 rings (SSSR count). The number of nitrogens with one attached hydrogen (secondary N) is 1. The standard InChI is InChI=1S/C10H15NO5S3/c12-3-1-4-17-5-2-11-19(15,16)9-6-8(7-18-9)10(13)14/h6-7,11-12H,1-5H2,(H,13,14). The first-order valence-electron chi connectivity index (χ1n) is 5.47. The van der Waals surface area contributed by atoms with Crippen molar-refractivity contribution < 1.29 is 23.4 Å². The number of aliphatic hydroxyl groups is 1. The maximum atomic E-state index is 11.8. The SMILES string of the molecule is O=C(O)c1csc(S(=O)(=O)NCCSCCCO)c1. The van der Waals surface area contributed by atoms with Crippen LogP contribution in [0.1, 0.15) is 16.8 Å². The second kappa shape index (κ2) is 7.85. The molecule has 0 saturated heterocycles. The number of hydrogen-bond donors (Lipinski definition) is 3. The van der Waals surface area contributed by atoms with Crippen molar-refractivity contribution in [2.45, 2.75) is 10.6 Å². The Morgan fingerprint density at radius 1 is 1.42 bits per heavy atom. The molecule has 0 fully saturated rings. The largest absolute Gasteiger partial charge is 0.478 e. The summed E-state index contributed by atoms with van der Waals surface area (Å²) in [7, 11) is -3.62. The van der Waals surface area contributed by atoms with Crippen molar-refractivity contribution in [1.82, 2.24) is 4.72 Å². The van der Waals surface area contributed by atoms with Gasteiger partial charge in [-0.3, -0.25) is 0 Å². The number of carboxylic acids is 1. The van der Waals surface area contributed by atoms with Gasteiger partial charge in [0.1, 0.15) is 4.21 Å². The molecule has 1 aromatic heterocycles. The van der Waals surface area contributed by atoms with Crippen LogP contribution in [-0.2, 0) is 10.0 Å². The molecule has 0 aliphatic carbocycles. The Balaban J connectivity index is 2.44. The minimum atomic E-state index is -3.62. The van der Waals surface area contributed by atoms with E-state index in [0.29, 0.717) is 12.2 Å². The number of thioether (sulfide) groups is 1. The molecule has 108 valence electrons. The number of sulfonamides is 1. The first kappa shape index (κ1) is 16.4. The van der Waals surface area contributed by atoms with Gasteiger partial charge in [0.15, 0.2) is 0 Å². The summed E-state index contributed by atoms with van der Waals surface area (Å²) in [6.07, 6.45) is 0.685. The summed E-state index contributed by atoms with van der Waals surface area (Å²) in [5.41, 5.74) is -0.0253. The highest BCUT2D eigenvalue weighted by Crippen LogP contribution is 2.20. The van der Waals surface area contributed by atoms with Gasteiger partial charge in [-0.25, -0.2) is 17.9 Å². The zero-order chi connectivity index (χ0) is 14.3. The highest BCUT2D eigenvalue weighted by molar-refractivity contribution is 7.99. The summed E-state index contributed by atoms with van der Waals surface area (Å²) in [5, 5.41) is 18.6. The molecule has 0 unspecified atom stereocenters. The zero-order valence-corrected chi connectivity index (χ0v) is 12.5. The first-order chi connectivity index (χ1) is 8.97. The molecule has 0 aromatic carbocycles. The van der Waals surface area contributed by atoms with Gasteiger partial charge in [-0.1, -0.05) is 0 Å². The third kappa shape index (κ3) is 5.49. The van der Waals surface area contributed by atoms with E-state index in [1.54, 1.807) is 11.8 Å². The fraction of sp³-hybridized carbons (Fsp3) is 0.500. The molecular weight excluding hydrogens is 310 g/mol. The first-order valence-corrected chi connectivity index (χ1v) is 8.99. The molecule has 0 bridgehead atoms. The number of carboxylic acid groups (broad SMARTS) is 1. The molecular formula is C10H15NO5S3. The van der Waals surface area contributed by atoms with E-state index in [0.717, 1.165) is 23.2 Å².